The van der Waals surface area contributed by atoms with E-state index in [1.165, 1.54) is 22.7 Å². The molecular weight excluding hydrogens is 380 g/mol. The average Bonchev–Trinajstić information content (AvgIpc) is 3.07. The van der Waals surface area contributed by atoms with Crippen LogP contribution in [0.15, 0.2) is 32.9 Å². The van der Waals surface area contributed by atoms with E-state index in [1.54, 1.807) is 7.05 Å². The monoisotopic (exact) mass is 408 g/mol. The van der Waals surface area contributed by atoms with Crippen molar-refractivity contribution in [2.45, 2.75) is 47.7 Å². The number of hydrazone groups is 1. The van der Waals surface area contributed by atoms with Gasteiger partial charge in [-0.2, -0.15) is 10.1 Å². The summed E-state index contributed by atoms with van der Waals surface area (Å²) in [5, 5.41) is 6.79. The fraction of sp³-hybridized carbons (Fsp3) is 0.455. The van der Waals surface area contributed by atoms with Gasteiger partial charge < -0.3 is 0 Å². The molecule has 0 fully saturated rings. The minimum atomic E-state index is -0.388. The molecule has 2 aromatic heterocycles. The molecule has 30 heavy (non-hydrogen) atoms. The molecule has 0 aliphatic carbocycles. The number of rotatable bonds is 2. The van der Waals surface area contributed by atoms with Crippen molar-refractivity contribution in [1.82, 2.24) is 18.7 Å². The molecule has 0 amide bonds. The van der Waals surface area contributed by atoms with Gasteiger partial charge in [-0.05, 0) is 25.0 Å². The van der Waals surface area contributed by atoms with Crippen LogP contribution in [0.2, 0.25) is 0 Å². The molecule has 4 rings (SSSR count). The normalized spacial score (nSPS) is 14.2. The summed E-state index contributed by atoms with van der Waals surface area (Å²) in [4.78, 5) is 30.1. The number of aromatic nitrogens is 4. The Balaban J connectivity index is 1.97. The molecule has 0 saturated heterocycles. The van der Waals surface area contributed by atoms with Crippen LogP contribution >= 0.6 is 0 Å². The van der Waals surface area contributed by atoms with Crippen LogP contribution in [0.25, 0.3) is 11.2 Å². The number of aryl methyl sites for hydroxylation is 3. The predicted octanol–water partition coefficient (Wildman–Crippen LogP) is 2.47. The van der Waals surface area contributed by atoms with Gasteiger partial charge in [-0.1, -0.05) is 44.5 Å². The van der Waals surface area contributed by atoms with Crippen molar-refractivity contribution in [3.05, 3.63) is 55.7 Å². The van der Waals surface area contributed by atoms with Crippen molar-refractivity contribution in [3.63, 3.8) is 0 Å². The quantitative estimate of drug-likeness (QED) is 0.653. The van der Waals surface area contributed by atoms with E-state index < -0.39 is 0 Å². The highest BCUT2D eigenvalue weighted by molar-refractivity contribution is 5.93. The van der Waals surface area contributed by atoms with Crippen molar-refractivity contribution in [3.8, 4) is 0 Å². The van der Waals surface area contributed by atoms with Crippen LogP contribution in [0.4, 0.5) is 5.95 Å². The highest BCUT2D eigenvalue weighted by atomic mass is 16.2. The summed E-state index contributed by atoms with van der Waals surface area (Å²) in [7, 11) is 3.14. The lowest BCUT2D eigenvalue weighted by atomic mass is 9.89. The summed E-state index contributed by atoms with van der Waals surface area (Å²) in [6.45, 7) is 11.5. The number of nitrogens with zero attached hydrogens (tertiary/aromatic N) is 6. The summed E-state index contributed by atoms with van der Waals surface area (Å²) in [6, 6.07) is 6.34. The lowest BCUT2D eigenvalue weighted by Gasteiger charge is -2.31. The maximum absolute atomic E-state index is 13.0. The van der Waals surface area contributed by atoms with E-state index in [1.807, 2.05) is 9.58 Å². The van der Waals surface area contributed by atoms with Gasteiger partial charge in [0.05, 0.1) is 18.8 Å². The van der Waals surface area contributed by atoms with Gasteiger partial charge in [-0.15, -0.1) is 0 Å². The maximum atomic E-state index is 13.0. The molecule has 0 saturated carbocycles. The molecule has 0 unspecified atom stereocenters. The Kier molecular flexibility index (Phi) is 4.48. The molecule has 1 aromatic carbocycles. The first kappa shape index (κ1) is 20.1. The molecule has 3 heterocycles. The minimum Gasteiger partial charge on any atom is -0.297 e. The zero-order valence-corrected chi connectivity index (χ0v) is 18.6. The second kappa shape index (κ2) is 6.68. The lowest BCUT2D eigenvalue weighted by molar-refractivity contribution is 0.548. The van der Waals surface area contributed by atoms with E-state index >= 15 is 0 Å². The molecule has 8 nitrogen and oxygen atoms in total. The number of hydrogen-bond acceptors (Lipinski definition) is 5. The Morgan fingerprint density at radius 3 is 2.43 bits per heavy atom. The fourth-order valence-electron chi connectivity index (χ4n) is 3.78. The van der Waals surface area contributed by atoms with Crippen LogP contribution in [0, 0.1) is 19.3 Å². The first-order valence-corrected chi connectivity index (χ1v) is 10.1. The lowest BCUT2D eigenvalue weighted by Crippen LogP contribution is -2.39. The maximum Gasteiger partial charge on any atom is 0.332 e. The summed E-state index contributed by atoms with van der Waals surface area (Å²) in [5.74, 6) is 0.581. The van der Waals surface area contributed by atoms with Crippen LogP contribution in [0.3, 0.4) is 0 Å². The largest absolute Gasteiger partial charge is 0.332 e. The van der Waals surface area contributed by atoms with Crippen LogP contribution in [-0.2, 0) is 27.2 Å². The molecule has 3 aromatic rings. The van der Waals surface area contributed by atoms with E-state index in [9.17, 15) is 9.59 Å². The Morgan fingerprint density at radius 2 is 1.77 bits per heavy atom. The third-order valence-corrected chi connectivity index (χ3v) is 5.80. The zero-order chi connectivity index (χ0) is 22.0. The van der Waals surface area contributed by atoms with Crippen molar-refractivity contribution >= 4 is 22.8 Å². The predicted molar refractivity (Wildman–Crippen MR) is 119 cm³/mol. The summed E-state index contributed by atoms with van der Waals surface area (Å²) >= 11 is 0. The third-order valence-electron chi connectivity index (χ3n) is 5.80. The van der Waals surface area contributed by atoms with Crippen LogP contribution < -0.4 is 16.3 Å². The minimum absolute atomic E-state index is 0.180. The Hall–Kier alpha value is -3.16. The van der Waals surface area contributed by atoms with Gasteiger partial charge in [0.1, 0.15) is 0 Å². The summed E-state index contributed by atoms with van der Waals surface area (Å²) in [6.07, 6.45) is 0. The van der Waals surface area contributed by atoms with E-state index in [-0.39, 0.29) is 16.7 Å². The van der Waals surface area contributed by atoms with Gasteiger partial charge in [-0.3, -0.25) is 18.5 Å². The van der Waals surface area contributed by atoms with Gasteiger partial charge in [0.15, 0.2) is 11.2 Å². The Labute approximate surface area is 175 Å². The van der Waals surface area contributed by atoms with Crippen LogP contribution in [0.5, 0.6) is 0 Å². The number of anilines is 1. The zero-order valence-electron chi connectivity index (χ0n) is 18.6. The van der Waals surface area contributed by atoms with Crippen molar-refractivity contribution in [1.29, 1.82) is 0 Å². The summed E-state index contributed by atoms with van der Waals surface area (Å²) < 4.78 is 4.46. The molecule has 0 N–H and O–H groups in total. The highest BCUT2D eigenvalue weighted by Crippen LogP contribution is 2.30. The van der Waals surface area contributed by atoms with Crippen molar-refractivity contribution in [2.24, 2.45) is 24.6 Å². The van der Waals surface area contributed by atoms with Crippen molar-refractivity contribution in [2.75, 3.05) is 5.01 Å². The molecule has 8 heteroatoms. The molecule has 0 spiro atoms. The molecule has 1 aliphatic heterocycles. The molecule has 0 radical (unpaired) electrons. The first-order valence-electron chi connectivity index (χ1n) is 10.1. The molecule has 0 bridgehead atoms. The third kappa shape index (κ3) is 3.07. The van der Waals surface area contributed by atoms with Crippen LogP contribution in [0.1, 0.15) is 37.5 Å². The average molecular weight is 409 g/mol. The smallest absolute Gasteiger partial charge is 0.297 e. The molecule has 0 atom stereocenters. The molecular formula is C22H28N6O2. The SMILES string of the molecule is Cc1ccc(C)c(CN2N=C(C(C)(C)C)Cn3c2nc2c3c(=O)n(C)c(=O)n2C)c1. The Bertz CT molecular complexity index is 1320. The second-order valence-corrected chi connectivity index (χ2v) is 9.16. The van der Waals surface area contributed by atoms with E-state index in [4.69, 9.17) is 10.1 Å². The van der Waals surface area contributed by atoms with Gasteiger partial charge in [0.25, 0.3) is 5.56 Å². The Morgan fingerprint density at radius 1 is 1.07 bits per heavy atom. The van der Waals surface area contributed by atoms with Gasteiger partial charge in [0, 0.05) is 19.5 Å². The van der Waals surface area contributed by atoms with Gasteiger partial charge >= 0.3 is 5.69 Å². The topological polar surface area (TPSA) is 77.4 Å². The number of imidazole rings is 1. The van der Waals surface area contributed by atoms with Crippen molar-refractivity contribution < 1.29 is 0 Å². The first-order chi connectivity index (χ1) is 14.0. The van der Waals surface area contributed by atoms with Gasteiger partial charge in [-0.25, -0.2) is 9.80 Å². The number of hydrogen-bond donors (Lipinski definition) is 0. The molecule has 158 valence electrons. The summed E-state index contributed by atoms with van der Waals surface area (Å²) in [5.41, 5.74) is 4.35. The second-order valence-electron chi connectivity index (χ2n) is 9.16. The molecule has 1 aliphatic rings. The standard InChI is InChI=1S/C22H28N6O2/c1-13-8-9-14(2)15(10-13)11-28-20-23-18-17(19(29)26(7)21(30)25(18)6)27(20)12-16(24-28)22(3,4)5/h8-10H,11-12H2,1-7H3. The number of benzene rings is 1. The van der Waals surface area contributed by atoms with E-state index in [0.717, 1.165) is 15.8 Å². The van der Waals surface area contributed by atoms with Gasteiger partial charge in [0.2, 0.25) is 5.95 Å². The van der Waals surface area contributed by atoms with E-state index in [0.29, 0.717) is 30.2 Å². The fourth-order valence-corrected chi connectivity index (χ4v) is 3.78. The van der Waals surface area contributed by atoms with E-state index in [2.05, 4.69) is 52.8 Å². The highest BCUT2D eigenvalue weighted by Gasteiger charge is 2.31. The van der Waals surface area contributed by atoms with Crippen LogP contribution in [-0.4, -0.2) is 24.4 Å². The number of fused-ring (bicyclic) bond motifs is 3.